The summed E-state index contributed by atoms with van der Waals surface area (Å²) in [6.45, 7) is 0. The molecule has 0 spiro atoms. The minimum atomic E-state index is 0.0762. The molecular weight excluding hydrogens is 1020 g/mol. The predicted molar refractivity (Wildman–Crippen MR) is 339 cm³/mol. The number of hydrogen-bond acceptors (Lipinski definition) is 0. The number of rotatable bonds is 6. The molecule has 0 fully saturated rings. The van der Waals surface area contributed by atoms with Gasteiger partial charge in [0.25, 0.3) is 0 Å². The van der Waals surface area contributed by atoms with Crippen molar-refractivity contribution in [3.8, 4) is 55.9 Å². The molecule has 17 aromatic rings. The van der Waals surface area contributed by atoms with Gasteiger partial charge in [0.15, 0.2) is 0 Å². The SMILES string of the molecule is c1ccc(-n2c3ccccc3c3cccc(-c4c5ccccc5c(-c5ccc6[se]c7c(-c8c9ccccc9c(-c9cccc%10c%11ccccc%11n(-c%11ccccc%11)c9%10)c9ccccc89)cccc7c6c5)c5ccccc45)c32)cc1. The van der Waals surface area contributed by atoms with Crippen LogP contribution in [0.5, 0.6) is 0 Å². The Labute approximate surface area is 461 Å². The van der Waals surface area contributed by atoms with Gasteiger partial charge in [-0.15, -0.1) is 0 Å². The van der Waals surface area contributed by atoms with Gasteiger partial charge < -0.3 is 0 Å². The van der Waals surface area contributed by atoms with E-state index in [0.717, 1.165) is 11.4 Å². The number of nitrogens with zero attached hydrogens (tertiary/aromatic N) is 2. The minimum Gasteiger partial charge on any atom is -0.0602 e. The first-order valence-electron chi connectivity index (χ1n) is 27.3. The zero-order valence-electron chi connectivity index (χ0n) is 42.9. The van der Waals surface area contributed by atoms with Crippen LogP contribution in [-0.4, -0.2) is 23.6 Å². The first kappa shape index (κ1) is 44.4. The molecule has 0 aliphatic rings. The van der Waals surface area contributed by atoms with Gasteiger partial charge in [-0.05, 0) is 18.2 Å². The van der Waals surface area contributed by atoms with E-state index in [4.69, 9.17) is 0 Å². The van der Waals surface area contributed by atoms with E-state index in [9.17, 15) is 0 Å². The van der Waals surface area contributed by atoms with E-state index in [1.807, 2.05) is 0 Å². The van der Waals surface area contributed by atoms with Crippen molar-refractivity contribution in [2.75, 3.05) is 0 Å². The molecule has 0 N–H and O–H groups in total. The molecular formula is C76H46N2Se. The summed E-state index contributed by atoms with van der Waals surface area (Å²) >= 11 is 0.0762. The van der Waals surface area contributed by atoms with Gasteiger partial charge in [0.05, 0.1) is 0 Å². The molecule has 0 saturated carbocycles. The molecule has 79 heavy (non-hydrogen) atoms. The standard InChI is InChI=1S/C76H46N2Se/c1-3-22-48(23-4-1)77-67-42-17-15-26-50(67)60-36-19-39-63(74(60)77)71-54-30-9-7-28-52(54)70(53-29-8-10-31-55(53)71)47-44-45-69-66(46-47)62-38-21-41-65(76(62)79-69)73-58-34-13-11-32-56(58)72(57-33-12-14-35-59(57)73)64-40-20-37-61-51-27-16-18-43-68(51)78(75(61)64)49-24-5-2-6-25-49/h1-46H. The van der Waals surface area contributed by atoms with Crippen molar-refractivity contribution in [2.24, 2.45) is 0 Å². The van der Waals surface area contributed by atoms with Crippen LogP contribution in [0.1, 0.15) is 0 Å². The fraction of sp³-hybridized carbons (Fsp3) is 0. The first-order valence-corrected chi connectivity index (χ1v) is 29.0. The molecule has 2 nitrogen and oxygen atoms in total. The topological polar surface area (TPSA) is 9.86 Å². The van der Waals surface area contributed by atoms with E-state index < -0.39 is 0 Å². The van der Waals surface area contributed by atoms with E-state index in [-0.39, 0.29) is 14.5 Å². The molecule has 3 heterocycles. The van der Waals surface area contributed by atoms with E-state index in [1.165, 1.54) is 151 Å². The third-order valence-corrected chi connectivity index (χ3v) is 19.4. The van der Waals surface area contributed by atoms with Crippen LogP contribution in [0.25, 0.3) is 162 Å². The summed E-state index contributed by atoms with van der Waals surface area (Å²) in [4.78, 5) is 0. The van der Waals surface area contributed by atoms with Gasteiger partial charge >= 0.3 is 404 Å². The van der Waals surface area contributed by atoms with Gasteiger partial charge in [-0.2, -0.15) is 0 Å². The Hall–Kier alpha value is -9.76. The van der Waals surface area contributed by atoms with Crippen molar-refractivity contribution in [3.63, 3.8) is 0 Å². The minimum absolute atomic E-state index is 0.0762. The van der Waals surface area contributed by atoms with Crippen LogP contribution in [0.15, 0.2) is 279 Å². The van der Waals surface area contributed by atoms with Gasteiger partial charge in [-0.25, -0.2) is 0 Å². The van der Waals surface area contributed by atoms with Crippen molar-refractivity contribution in [1.29, 1.82) is 0 Å². The van der Waals surface area contributed by atoms with Crippen molar-refractivity contribution in [3.05, 3.63) is 279 Å². The molecule has 0 atom stereocenters. The normalized spacial score (nSPS) is 12.1. The molecule has 14 aromatic carbocycles. The van der Waals surface area contributed by atoms with Gasteiger partial charge in [-0.3, -0.25) is 0 Å². The van der Waals surface area contributed by atoms with Crippen LogP contribution in [0, 0.1) is 0 Å². The Balaban J connectivity index is 0.883. The zero-order valence-corrected chi connectivity index (χ0v) is 44.6. The van der Waals surface area contributed by atoms with Crippen molar-refractivity contribution in [1.82, 2.24) is 9.13 Å². The zero-order chi connectivity index (χ0) is 51.7. The van der Waals surface area contributed by atoms with Crippen LogP contribution >= 0.6 is 0 Å². The van der Waals surface area contributed by atoms with E-state index in [1.54, 1.807) is 0 Å². The molecule has 3 aromatic heterocycles. The summed E-state index contributed by atoms with van der Waals surface area (Å²) in [5.74, 6) is 0. The Morgan fingerprint density at radius 2 is 0.570 bits per heavy atom. The molecule has 0 unspecified atom stereocenters. The maximum Gasteiger partial charge on any atom is -0.0380 e. The molecule has 0 aliphatic carbocycles. The Morgan fingerprint density at radius 1 is 0.228 bits per heavy atom. The summed E-state index contributed by atoms with van der Waals surface area (Å²) in [5, 5.41) is 17.8. The average Bonchev–Trinajstić information content (AvgIpc) is 4.33. The van der Waals surface area contributed by atoms with Gasteiger partial charge in [0, 0.05) is 0 Å². The second-order valence-corrected chi connectivity index (χ2v) is 23.2. The smallest absolute Gasteiger partial charge is 0.0380 e. The van der Waals surface area contributed by atoms with Crippen LogP contribution in [-0.2, 0) is 0 Å². The summed E-state index contributed by atoms with van der Waals surface area (Å²) in [6.07, 6.45) is 0. The van der Waals surface area contributed by atoms with Crippen molar-refractivity contribution in [2.45, 2.75) is 0 Å². The molecule has 0 bridgehead atoms. The molecule has 3 heteroatoms. The van der Waals surface area contributed by atoms with Gasteiger partial charge in [0.1, 0.15) is 0 Å². The van der Waals surface area contributed by atoms with Crippen LogP contribution < -0.4 is 0 Å². The monoisotopic (exact) mass is 1070 g/mol. The maximum absolute atomic E-state index is 2.51. The van der Waals surface area contributed by atoms with E-state index >= 15 is 0 Å². The summed E-state index contributed by atoms with van der Waals surface area (Å²) in [5.41, 5.74) is 17.4. The fourth-order valence-electron chi connectivity index (χ4n) is 13.7. The number of para-hydroxylation sites is 6. The van der Waals surface area contributed by atoms with E-state index in [2.05, 4.69) is 288 Å². The largest absolute Gasteiger partial charge is 0.0602 e. The van der Waals surface area contributed by atoms with Crippen LogP contribution in [0.3, 0.4) is 0 Å². The third kappa shape index (κ3) is 6.46. The second kappa shape index (κ2) is 17.4. The number of aromatic nitrogens is 2. The quantitative estimate of drug-likeness (QED) is 0.116. The number of fused-ring (bicyclic) bond motifs is 13. The third-order valence-electron chi connectivity index (χ3n) is 16.9. The number of hydrogen-bond donors (Lipinski definition) is 0. The predicted octanol–water partition coefficient (Wildman–Crippen LogP) is 20.5. The molecule has 17 rings (SSSR count). The van der Waals surface area contributed by atoms with Crippen molar-refractivity contribution < 1.29 is 0 Å². The van der Waals surface area contributed by atoms with Crippen LogP contribution in [0.2, 0.25) is 0 Å². The summed E-state index contributed by atoms with van der Waals surface area (Å²) in [7, 11) is 0. The fourth-order valence-corrected chi connectivity index (χ4v) is 16.2. The van der Waals surface area contributed by atoms with Gasteiger partial charge in [0.2, 0.25) is 0 Å². The molecule has 0 saturated heterocycles. The first-order chi connectivity index (χ1) is 39.3. The maximum atomic E-state index is 2.51. The molecule has 0 amide bonds. The summed E-state index contributed by atoms with van der Waals surface area (Å²) < 4.78 is 7.82. The second-order valence-electron chi connectivity index (χ2n) is 21.0. The van der Waals surface area contributed by atoms with E-state index in [0.29, 0.717) is 0 Å². The van der Waals surface area contributed by atoms with Crippen LogP contribution in [0.4, 0.5) is 0 Å². The molecule has 0 aliphatic heterocycles. The Bertz CT molecular complexity index is 5250. The molecule has 0 radical (unpaired) electrons. The van der Waals surface area contributed by atoms with Gasteiger partial charge in [-0.1, -0.05) is 42.5 Å². The Morgan fingerprint density at radius 3 is 1.01 bits per heavy atom. The summed E-state index contributed by atoms with van der Waals surface area (Å²) in [6, 6.07) is 104. The average molecular weight is 1070 g/mol. The van der Waals surface area contributed by atoms with Crippen molar-refractivity contribution >= 4 is 120 Å². The number of benzene rings is 14. The molecule has 366 valence electrons. The Kier molecular flexibility index (Phi) is 9.76.